The molecule has 7 heteroatoms. The summed E-state index contributed by atoms with van der Waals surface area (Å²) >= 11 is 6.20. The summed E-state index contributed by atoms with van der Waals surface area (Å²) in [5.74, 6) is -1.55. The second-order valence-electron chi connectivity index (χ2n) is 5.17. The second-order valence-corrected chi connectivity index (χ2v) is 6.84. The molecule has 0 spiro atoms. The van der Waals surface area contributed by atoms with Crippen LogP contribution in [0.4, 0.5) is 0 Å². The van der Waals surface area contributed by atoms with E-state index in [1.54, 1.807) is 30.3 Å². The van der Waals surface area contributed by atoms with Gasteiger partial charge in [0.05, 0.1) is 4.91 Å². The predicted octanol–water partition coefficient (Wildman–Crippen LogP) is 2.56. The molecule has 22 heavy (non-hydrogen) atoms. The number of rotatable bonds is 4. The van der Waals surface area contributed by atoms with Gasteiger partial charge in [-0.25, -0.2) is 4.79 Å². The topological polar surface area (TPSA) is 74.7 Å². The molecule has 5 nitrogen and oxygen atoms in total. The van der Waals surface area contributed by atoms with Gasteiger partial charge < -0.3 is 5.11 Å². The molecule has 0 aliphatic carbocycles. The maximum atomic E-state index is 12.4. The molecule has 0 bridgehead atoms. The number of aldehydes is 1. The molecule has 0 saturated carbocycles. The Morgan fingerprint density at radius 2 is 1.82 bits per heavy atom. The van der Waals surface area contributed by atoms with Crippen LogP contribution in [-0.4, -0.2) is 38.0 Å². The summed E-state index contributed by atoms with van der Waals surface area (Å²) < 4.78 is 0.216. The molecule has 114 valence electrons. The molecule has 1 heterocycles. The Hall–Kier alpha value is -1.99. The number of aliphatic carboxylic acids is 1. The van der Waals surface area contributed by atoms with E-state index in [1.807, 2.05) is 0 Å². The molecule has 1 aromatic rings. The predicted molar refractivity (Wildman–Crippen MR) is 88.6 cm³/mol. The summed E-state index contributed by atoms with van der Waals surface area (Å²) in [4.78, 5) is 35.8. The third kappa shape index (κ3) is 2.95. The zero-order valence-corrected chi connectivity index (χ0v) is 13.5. The number of hydrogen-bond acceptors (Lipinski definition) is 5. The van der Waals surface area contributed by atoms with Crippen LogP contribution in [0.1, 0.15) is 29.8 Å². The maximum Gasteiger partial charge on any atom is 0.329 e. The van der Waals surface area contributed by atoms with Crippen molar-refractivity contribution in [3.63, 3.8) is 0 Å². The van der Waals surface area contributed by atoms with Crippen molar-refractivity contribution in [3.8, 4) is 0 Å². The van der Waals surface area contributed by atoms with Gasteiger partial charge in [-0.15, -0.1) is 0 Å². The molecule has 1 amide bonds. The Balaban J connectivity index is 2.33. The minimum absolute atomic E-state index is 0.216. The molecule has 2 rings (SSSR count). The zero-order chi connectivity index (χ0) is 16.5. The van der Waals surface area contributed by atoms with Crippen molar-refractivity contribution in [2.24, 2.45) is 0 Å². The van der Waals surface area contributed by atoms with E-state index in [9.17, 15) is 19.5 Å². The highest BCUT2D eigenvalue weighted by Crippen LogP contribution is 2.37. The summed E-state index contributed by atoms with van der Waals surface area (Å²) in [6.45, 7) is 2.86. The van der Waals surface area contributed by atoms with Crippen LogP contribution in [0.2, 0.25) is 0 Å². The molecule has 1 fully saturated rings. The van der Waals surface area contributed by atoms with E-state index in [0.29, 0.717) is 10.5 Å². The van der Waals surface area contributed by atoms with Gasteiger partial charge in [0.25, 0.3) is 5.91 Å². The van der Waals surface area contributed by atoms with Crippen molar-refractivity contribution in [3.05, 3.63) is 40.3 Å². The smallest absolute Gasteiger partial charge is 0.329 e. The van der Waals surface area contributed by atoms with Gasteiger partial charge in [0.15, 0.2) is 0 Å². The van der Waals surface area contributed by atoms with Gasteiger partial charge in [0.2, 0.25) is 0 Å². The van der Waals surface area contributed by atoms with Gasteiger partial charge >= 0.3 is 5.97 Å². The number of carboxylic acids is 1. The fourth-order valence-corrected chi connectivity index (χ4v) is 3.41. The highest BCUT2D eigenvalue weighted by Gasteiger charge is 2.46. The van der Waals surface area contributed by atoms with Crippen molar-refractivity contribution in [2.75, 3.05) is 0 Å². The van der Waals surface area contributed by atoms with Crippen LogP contribution in [0.3, 0.4) is 0 Å². The van der Waals surface area contributed by atoms with Crippen molar-refractivity contribution in [1.82, 2.24) is 4.90 Å². The maximum absolute atomic E-state index is 12.4. The van der Waals surface area contributed by atoms with Crippen LogP contribution in [-0.2, 0) is 9.59 Å². The van der Waals surface area contributed by atoms with Gasteiger partial charge in [-0.05, 0) is 25.5 Å². The van der Waals surface area contributed by atoms with E-state index in [4.69, 9.17) is 12.2 Å². The SMILES string of the molecule is CC(C)(C(=O)O)N1C(=O)/C(=C/c2ccc(C=O)cc2)SC1=S. The summed E-state index contributed by atoms with van der Waals surface area (Å²) in [6, 6.07) is 6.69. The van der Waals surface area contributed by atoms with Crippen molar-refractivity contribution < 1.29 is 19.5 Å². The molecule has 1 N–H and O–H groups in total. The number of carbonyl (C=O) groups excluding carboxylic acids is 2. The van der Waals surface area contributed by atoms with E-state index in [2.05, 4.69) is 0 Å². The Kier molecular flexibility index (Phi) is 4.48. The van der Waals surface area contributed by atoms with E-state index in [1.165, 1.54) is 13.8 Å². The van der Waals surface area contributed by atoms with Crippen LogP contribution in [0.15, 0.2) is 29.2 Å². The fourth-order valence-electron chi connectivity index (χ4n) is 1.87. The van der Waals surface area contributed by atoms with Gasteiger partial charge in [-0.2, -0.15) is 0 Å². The summed E-state index contributed by atoms with van der Waals surface area (Å²) in [5, 5.41) is 9.26. The third-order valence-electron chi connectivity index (χ3n) is 3.25. The summed E-state index contributed by atoms with van der Waals surface area (Å²) in [7, 11) is 0. The number of benzene rings is 1. The monoisotopic (exact) mass is 335 g/mol. The fraction of sp³-hybridized carbons (Fsp3) is 0.200. The lowest BCUT2D eigenvalue weighted by molar-refractivity contribution is -0.150. The highest BCUT2D eigenvalue weighted by molar-refractivity contribution is 8.26. The first-order valence-corrected chi connectivity index (χ1v) is 7.56. The van der Waals surface area contributed by atoms with Crippen LogP contribution in [0.5, 0.6) is 0 Å². The molecule has 1 aliphatic rings. The molecule has 0 aromatic heterocycles. The highest BCUT2D eigenvalue weighted by atomic mass is 32.2. The van der Waals surface area contributed by atoms with E-state index < -0.39 is 17.4 Å². The number of nitrogens with zero attached hydrogens (tertiary/aromatic N) is 1. The van der Waals surface area contributed by atoms with Crippen LogP contribution in [0, 0.1) is 0 Å². The molecule has 1 aliphatic heterocycles. The minimum Gasteiger partial charge on any atom is -0.480 e. The first kappa shape index (κ1) is 16.4. The first-order chi connectivity index (χ1) is 10.3. The number of amides is 1. The lowest BCUT2D eigenvalue weighted by Crippen LogP contribution is -2.52. The Labute approximate surface area is 137 Å². The largest absolute Gasteiger partial charge is 0.480 e. The lowest BCUT2D eigenvalue weighted by Gasteiger charge is -2.29. The second kappa shape index (κ2) is 6.02. The zero-order valence-electron chi connectivity index (χ0n) is 11.9. The Morgan fingerprint density at radius 1 is 1.27 bits per heavy atom. The third-order valence-corrected chi connectivity index (χ3v) is 4.55. The first-order valence-electron chi connectivity index (χ1n) is 6.34. The van der Waals surface area contributed by atoms with Crippen molar-refractivity contribution in [1.29, 1.82) is 0 Å². The number of carboxylic acid groups (broad SMARTS) is 1. The van der Waals surface area contributed by atoms with Gasteiger partial charge in [-0.3, -0.25) is 14.5 Å². The number of hydrogen-bond donors (Lipinski definition) is 1. The van der Waals surface area contributed by atoms with Crippen LogP contribution in [0.25, 0.3) is 6.08 Å². The molecule has 0 radical (unpaired) electrons. The average molecular weight is 335 g/mol. The normalized spacial score (nSPS) is 17.2. The molecule has 1 saturated heterocycles. The van der Waals surface area contributed by atoms with Gasteiger partial charge in [0, 0.05) is 5.56 Å². The number of thioether (sulfide) groups is 1. The minimum atomic E-state index is -1.40. The Bertz CT molecular complexity index is 692. The molecule has 0 unspecified atom stereocenters. The quantitative estimate of drug-likeness (QED) is 0.518. The van der Waals surface area contributed by atoms with Crippen molar-refractivity contribution >= 4 is 52.5 Å². The summed E-state index contributed by atoms with van der Waals surface area (Å²) in [6.07, 6.45) is 2.37. The number of thiocarbonyl (C=S) groups is 1. The summed E-state index contributed by atoms with van der Waals surface area (Å²) in [5.41, 5.74) is -0.131. The van der Waals surface area contributed by atoms with E-state index in [-0.39, 0.29) is 4.32 Å². The van der Waals surface area contributed by atoms with Gasteiger partial charge in [-0.1, -0.05) is 48.2 Å². The molecule has 1 aromatic carbocycles. The van der Waals surface area contributed by atoms with Crippen molar-refractivity contribution in [2.45, 2.75) is 19.4 Å². The van der Waals surface area contributed by atoms with E-state index >= 15 is 0 Å². The molecular weight excluding hydrogens is 322 g/mol. The average Bonchev–Trinajstić information content (AvgIpc) is 2.74. The van der Waals surface area contributed by atoms with Crippen LogP contribution < -0.4 is 0 Å². The van der Waals surface area contributed by atoms with E-state index in [0.717, 1.165) is 28.5 Å². The van der Waals surface area contributed by atoms with Crippen LogP contribution >= 0.6 is 24.0 Å². The standard InChI is InChI=1S/C15H13NO4S2/c1-15(2,13(19)20)16-12(18)11(22-14(16)21)7-9-3-5-10(8-17)6-4-9/h3-8H,1-2H3,(H,19,20)/b11-7-. The molecule has 0 atom stereocenters. The lowest BCUT2D eigenvalue weighted by atomic mass is 10.0. The van der Waals surface area contributed by atoms with Gasteiger partial charge in [0.1, 0.15) is 16.1 Å². The molecular formula is C15H13NO4S2. The number of carbonyl (C=O) groups is 3. The Morgan fingerprint density at radius 3 is 2.32 bits per heavy atom.